The standard InChI is InChI=1S/C17H24N4O3/c22-15-11-20(10-13-3-1-6-18-9-13)8-5-14(15)19-16(23)12-21-7-2-4-17(21)24/h1,3,6,9,14-15,22H,2,4-5,7-8,10-12H2,(H,19,23)/t14-,15-/m1/s1. The van der Waals surface area contributed by atoms with Crippen molar-refractivity contribution in [3.05, 3.63) is 30.1 Å². The number of hydrogen-bond donors (Lipinski definition) is 2. The van der Waals surface area contributed by atoms with Crippen LogP contribution in [-0.2, 0) is 16.1 Å². The summed E-state index contributed by atoms with van der Waals surface area (Å²) in [5, 5.41) is 13.2. The Bertz CT molecular complexity index is 580. The highest BCUT2D eigenvalue weighted by Gasteiger charge is 2.30. The van der Waals surface area contributed by atoms with Gasteiger partial charge in [0.25, 0.3) is 0 Å². The molecule has 3 heterocycles. The summed E-state index contributed by atoms with van der Waals surface area (Å²) in [6.07, 6.45) is 5.01. The molecule has 0 bridgehead atoms. The molecule has 2 aliphatic rings. The topological polar surface area (TPSA) is 85.8 Å². The van der Waals surface area contributed by atoms with Gasteiger partial charge in [-0.15, -0.1) is 0 Å². The zero-order chi connectivity index (χ0) is 16.9. The largest absolute Gasteiger partial charge is 0.390 e. The first kappa shape index (κ1) is 16.9. The maximum absolute atomic E-state index is 12.1. The van der Waals surface area contributed by atoms with Crippen molar-refractivity contribution >= 4 is 11.8 Å². The minimum atomic E-state index is -0.603. The molecule has 3 rings (SSSR count). The second-order valence-electron chi connectivity index (χ2n) is 6.55. The van der Waals surface area contributed by atoms with Gasteiger partial charge in [0.1, 0.15) is 0 Å². The van der Waals surface area contributed by atoms with Crippen LogP contribution in [0.4, 0.5) is 0 Å². The summed E-state index contributed by atoms with van der Waals surface area (Å²) in [6, 6.07) is 3.67. The summed E-state index contributed by atoms with van der Waals surface area (Å²) in [7, 11) is 0. The second kappa shape index (κ2) is 7.72. The number of aromatic nitrogens is 1. The van der Waals surface area contributed by atoms with E-state index in [1.54, 1.807) is 11.1 Å². The van der Waals surface area contributed by atoms with Crippen molar-refractivity contribution in [2.24, 2.45) is 0 Å². The van der Waals surface area contributed by atoms with E-state index in [0.29, 0.717) is 25.9 Å². The lowest BCUT2D eigenvalue weighted by Crippen LogP contribution is -2.55. The number of likely N-dealkylation sites (tertiary alicyclic amines) is 2. The number of piperidine rings is 1. The molecule has 130 valence electrons. The zero-order valence-electron chi connectivity index (χ0n) is 13.7. The first-order valence-corrected chi connectivity index (χ1v) is 8.48. The number of amides is 2. The Balaban J connectivity index is 1.45. The number of aliphatic hydroxyl groups excluding tert-OH is 1. The average molecular weight is 332 g/mol. The molecule has 1 aromatic heterocycles. The fourth-order valence-corrected chi connectivity index (χ4v) is 3.36. The van der Waals surface area contributed by atoms with Crippen LogP contribution in [0.25, 0.3) is 0 Å². The lowest BCUT2D eigenvalue weighted by Gasteiger charge is -2.36. The van der Waals surface area contributed by atoms with E-state index in [4.69, 9.17) is 0 Å². The highest BCUT2D eigenvalue weighted by atomic mass is 16.3. The molecule has 0 saturated carbocycles. The summed E-state index contributed by atoms with van der Waals surface area (Å²) >= 11 is 0. The molecule has 24 heavy (non-hydrogen) atoms. The van der Waals surface area contributed by atoms with E-state index in [9.17, 15) is 14.7 Å². The Kier molecular flexibility index (Phi) is 5.42. The normalized spacial score (nSPS) is 25.0. The van der Waals surface area contributed by atoms with Crippen molar-refractivity contribution in [1.82, 2.24) is 20.1 Å². The molecule has 0 radical (unpaired) electrons. The Morgan fingerprint density at radius 3 is 2.96 bits per heavy atom. The van der Waals surface area contributed by atoms with Crippen molar-refractivity contribution in [2.45, 2.75) is 38.0 Å². The van der Waals surface area contributed by atoms with E-state index < -0.39 is 6.10 Å². The van der Waals surface area contributed by atoms with Crippen LogP contribution in [-0.4, -0.2) is 70.0 Å². The summed E-state index contributed by atoms with van der Waals surface area (Å²) in [5.41, 5.74) is 1.11. The molecule has 2 N–H and O–H groups in total. The zero-order valence-corrected chi connectivity index (χ0v) is 13.7. The summed E-state index contributed by atoms with van der Waals surface area (Å²) < 4.78 is 0. The second-order valence-corrected chi connectivity index (χ2v) is 6.55. The third-order valence-corrected chi connectivity index (χ3v) is 4.65. The molecule has 0 aliphatic carbocycles. The lowest BCUT2D eigenvalue weighted by molar-refractivity contribution is -0.133. The van der Waals surface area contributed by atoms with Crippen molar-refractivity contribution in [3.63, 3.8) is 0 Å². The number of pyridine rings is 1. The van der Waals surface area contributed by atoms with Crippen molar-refractivity contribution < 1.29 is 14.7 Å². The summed E-state index contributed by atoms with van der Waals surface area (Å²) in [5.74, 6) is -0.146. The molecular formula is C17H24N4O3. The van der Waals surface area contributed by atoms with E-state index in [-0.39, 0.29) is 24.4 Å². The van der Waals surface area contributed by atoms with Gasteiger partial charge in [-0.05, 0) is 24.5 Å². The minimum absolute atomic E-state index is 0.0389. The maximum Gasteiger partial charge on any atom is 0.239 e. The van der Waals surface area contributed by atoms with Crippen LogP contribution in [0.5, 0.6) is 0 Å². The highest BCUT2D eigenvalue weighted by Crippen LogP contribution is 2.15. The molecule has 0 unspecified atom stereocenters. The molecule has 2 atom stereocenters. The van der Waals surface area contributed by atoms with Crippen LogP contribution < -0.4 is 5.32 Å². The third-order valence-electron chi connectivity index (χ3n) is 4.65. The average Bonchev–Trinajstić information content (AvgIpc) is 2.96. The van der Waals surface area contributed by atoms with Gasteiger partial charge in [-0.1, -0.05) is 6.07 Å². The first-order valence-electron chi connectivity index (χ1n) is 8.48. The minimum Gasteiger partial charge on any atom is -0.390 e. The predicted molar refractivity (Wildman–Crippen MR) is 87.9 cm³/mol. The van der Waals surface area contributed by atoms with Crippen LogP contribution >= 0.6 is 0 Å². The van der Waals surface area contributed by atoms with Crippen LogP contribution in [0.2, 0.25) is 0 Å². The Morgan fingerprint density at radius 2 is 2.29 bits per heavy atom. The molecule has 2 amide bonds. The van der Waals surface area contributed by atoms with Crippen LogP contribution in [0.3, 0.4) is 0 Å². The fraction of sp³-hybridized carbons (Fsp3) is 0.588. The summed E-state index contributed by atoms with van der Waals surface area (Å²) in [6.45, 7) is 2.82. The van der Waals surface area contributed by atoms with Gasteiger partial charge >= 0.3 is 0 Å². The number of nitrogens with zero attached hydrogens (tertiary/aromatic N) is 3. The third kappa shape index (κ3) is 4.30. The first-order chi connectivity index (χ1) is 11.6. The van der Waals surface area contributed by atoms with E-state index in [1.165, 1.54) is 0 Å². The van der Waals surface area contributed by atoms with Gasteiger partial charge < -0.3 is 15.3 Å². The molecule has 0 aromatic carbocycles. The van der Waals surface area contributed by atoms with Gasteiger partial charge in [0.15, 0.2) is 0 Å². The quantitative estimate of drug-likeness (QED) is 0.777. The van der Waals surface area contributed by atoms with Gasteiger partial charge in [0, 0.05) is 45.0 Å². The van der Waals surface area contributed by atoms with Gasteiger partial charge in [0.05, 0.1) is 18.7 Å². The van der Waals surface area contributed by atoms with E-state index in [2.05, 4.69) is 15.2 Å². The lowest BCUT2D eigenvalue weighted by atomic mass is 10.0. The van der Waals surface area contributed by atoms with Gasteiger partial charge in [-0.25, -0.2) is 0 Å². The Morgan fingerprint density at radius 1 is 1.42 bits per heavy atom. The van der Waals surface area contributed by atoms with Gasteiger partial charge in [-0.2, -0.15) is 0 Å². The van der Waals surface area contributed by atoms with Crippen molar-refractivity contribution in [3.8, 4) is 0 Å². The predicted octanol–water partition coefficient (Wildman–Crippen LogP) is -0.245. The number of carbonyl (C=O) groups excluding carboxylic acids is 2. The van der Waals surface area contributed by atoms with Crippen molar-refractivity contribution in [1.29, 1.82) is 0 Å². The van der Waals surface area contributed by atoms with Crippen LogP contribution in [0.1, 0.15) is 24.8 Å². The molecular weight excluding hydrogens is 308 g/mol. The molecule has 7 heteroatoms. The molecule has 7 nitrogen and oxygen atoms in total. The van der Waals surface area contributed by atoms with Gasteiger partial charge in [-0.3, -0.25) is 19.5 Å². The highest BCUT2D eigenvalue weighted by molar-refractivity contribution is 5.86. The van der Waals surface area contributed by atoms with Crippen molar-refractivity contribution in [2.75, 3.05) is 26.2 Å². The SMILES string of the molecule is O=C(CN1CCCC1=O)N[C@@H]1CCN(Cc2cccnc2)C[C@H]1O. The molecule has 1 aromatic rings. The number of nitrogens with one attached hydrogen (secondary N) is 1. The molecule has 2 aliphatic heterocycles. The summed E-state index contributed by atoms with van der Waals surface area (Å²) in [4.78, 5) is 31.5. The van der Waals surface area contributed by atoms with E-state index in [0.717, 1.165) is 25.1 Å². The van der Waals surface area contributed by atoms with Gasteiger partial charge in [0.2, 0.25) is 11.8 Å². The van der Waals surface area contributed by atoms with E-state index in [1.807, 2.05) is 18.3 Å². The number of hydrogen-bond acceptors (Lipinski definition) is 5. The fourth-order valence-electron chi connectivity index (χ4n) is 3.36. The number of rotatable bonds is 5. The monoisotopic (exact) mass is 332 g/mol. The van der Waals surface area contributed by atoms with Crippen LogP contribution in [0, 0.1) is 0 Å². The number of carbonyl (C=O) groups is 2. The number of β-amino-alcohol motifs (C(OH)–C–C–N with tert-alkyl or cyclic N) is 1. The van der Waals surface area contributed by atoms with E-state index >= 15 is 0 Å². The van der Waals surface area contributed by atoms with Crippen LogP contribution in [0.15, 0.2) is 24.5 Å². The molecule has 2 saturated heterocycles. The Hall–Kier alpha value is -1.99. The molecule has 0 spiro atoms. The Labute approximate surface area is 141 Å². The molecule has 2 fully saturated rings. The smallest absolute Gasteiger partial charge is 0.239 e. The maximum atomic E-state index is 12.1. The number of aliphatic hydroxyl groups is 1.